The maximum atomic E-state index is 9.86. The van der Waals surface area contributed by atoms with Gasteiger partial charge in [-0.2, -0.15) is 0 Å². The molecule has 3 nitrogen and oxygen atoms in total. The van der Waals surface area contributed by atoms with E-state index in [-0.39, 0.29) is 6.54 Å². The highest BCUT2D eigenvalue weighted by atomic mass is 16.5. The summed E-state index contributed by atoms with van der Waals surface area (Å²) in [6.45, 7) is 2.51. The third-order valence-corrected chi connectivity index (χ3v) is 2.28. The van der Waals surface area contributed by atoms with E-state index in [0.29, 0.717) is 6.61 Å². The van der Waals surface area contributed by atoms with Crippen LogP contribution in [0.4, 0.5) is 0 Å². The van der Waals surface area contributed by atoms with Crippen molar-refractivity contribution in [3.05, 3.63) is 35.4 Å². The van der Waals surface area contributed by atoms with Gasteiger partial charge >= 0.3 is 0 Å². The molecule has 0 amide bonds. The van der Waals surface area contributed by atoms with Gasteiger partial charge in [-0.1, -0.05) is 24.3 Å². The third-order valence-electron chi connectivity index (χ3n) is 2.28. The summed E-state index contributed by atoms with van der Waals surface area (Å²) in [5, 5.41) is 9.86. The van der Waals surface area contributed by atoms with Crippen LogP contribution in [0.25, 0.3) is 0 Å². The maximum absolute atomic E-state index is 9.86. The fraction of sp³-hybridized carbons (Fsp3) is 0.455. The fourth-order valence-electron chi connectivity index (χ4n) is 1.24. The first-order chi connectivity index (χ1) is 6.60. The molecule has 0 aliphatic carbocycles. The predicted octanol–water partition coefficient (Wildman–Crippen LogP) is 0.999. The van der Waals surface area contributed by atoms with Crippen LogP contribution < -0.4 is 5.73 Å². The number of nitrogens with two attached hydrogens (primary N) is 1. The zero-order valence-electron chi connectivity index (χ0n) is 8.66. The second-order valence-corrected chi connectivity index (χ2v) is 3.61. The minimum Gasteiger partial charge on any atom is -0.384 e. The van der Waals surface area contributed by atoms with Crippen LogP contribution in [0.1, 0.15) is 18.1 Å². The van der Waals surface area contributed by atoms with Gasteiger partial charge in [-0.3, -0.25) is 0 Å². The Balaban J connectivity index is 2.82. The SMILES string of the molecule is COCc1ccc(C(C)(O)CN)cc1. The Morgan fingerprint density at radius 3 is 2.36 bits per heavy atom. The van der Waals surface area contributed by atoms with Crippen molar-refractivity contribution in [2.75, 3.05) is 13.7 Å². The van der Waals surface area contributed by atoms with Crippen LogP contribution in [0.3, 0.4) is 0 Å². The van der Waals surface area contributed by atoms with Crippen LogP contribution in [0.15, 0.2) is 24.3 Å². The molecule has 3 heteroatoms. The Bertz CT molecular complexity index is 280. The summed E-state index contributed by atoms with van der Waals surface area (Å²) in [5.41, 5.74) is 6.44. The van der Waals surface area contributed by atoms with E-state index >= 15 is 0 Å². The van der Waals surface area contributed by atoms with Gasteiger partial charge in [0.1, 0.15) is 0 Å². The van der Waals surface area contributed by atoms with E-state index in [9.17, 15) is 5.11 Å². The Hall–Kier alpha value is -0.900. The lowest BCUT2D eigenvalue weighted by atomic mass is 9.95. The van der Waals surface area contributed by atoms with Gasteiger partial charge in [-0.25, -0.2) is 0 Å². The molecule has 0 aliphatic rings. The quantitative estimate of drug-likeness (QED) is 0.753. The summed E-state index contributed by atoms with van der Waals surface area (Å²) < 4.78 is 4.99. The summed E-state index contributed by atoms with van der Waals surface area (Å²) in [6.07, 6.45) is 0. The van der Waals surface area contributed by atoms with E-state index in [2.05, 4.69) is 0 Å². The van der Waals surface area contributed by atoms with Crippen molar-refractivity contribution in [2.24, 2.45) is 5.73 Å². The second-order valence-electron chi connectivity index (χ2n) is 3.61. The summed E-state index contributed by atoms with van der Waals surface area (Å²) in [6, 6.07) is 7.62. The van der Waals surface area contributed by atoms with E-state index in [1.54, 1.807) is 14.0 Å². The largest absolute Gasteiger partial charge is 0.384 e. The smallest absolute Gasteiger partial charge is 0.0990 e. The highest BCUT2D eigenvalue weighted by Gasteiger charge is 2.20. The highest BCUT2D eigenvalue weighted by molar-refractivity contribution is 5.26. The molecular formula is C11H17NO2. The van der Waals surface area contributed by atoms with Crippen molar-refractivity contribution in [1.29, 1.82) is 0 Å². The van der Waals surface area contributed by atoms with Gasteiger partial charge in [-0.05, 0) is 18.1 Å². The number of hydrogen-bond donors (Lipinski definition) is 2. The van der Waals surface area contributed by atoms with Crippen molar-refractivity contribution < 1.29 is 9.84 Å². The van der Waals surface area contributed by atoms with E-state index in [1.165, 1.54) is 0 Å². The molecule has 1 unspecified atom stereocenters. The molecule has 0 aliphatic heterocycles. The van der Waals surface area contributed by atoms with E-state index in [4.69, 9.17) is 10.5 Å². The van der Waals surface area contributed by atoms with Crippen LogP contribution in [0.5, 0.6) is 0 Å². The third kappa shape index (κ3) is 2.54. The maximum Gasteiger partial charge on any atom is 0.0990 e. The van der Waals surface area contributed by atoms with Crippen LogP contribution in [0, 0.1) is 0 Å². The number of ether oxygens (including phenoxy) is 1. The first-order valence-electron chi connectivity index (χ1n) is 4.61. The second kappa shape index (κ2) is 4.55. The average Bonchev–Trinajstić information content (AvgIpc) is 2.19. The molecule has 0 saturated heterocycles. The lowest BCUT2D eigenvalue weighted by molar-refractivity contribution is 0.0668. The van der Waals surface area contributed by atoms with Gasteiger partial charge in [0.05, 0.1) is 12.2 Å². The zero-order valence-corrected chi connectivity index (χ0v) is 8.66. The van der Waals surface area contributed by atoms with Gasteiger partial charge in [0.25, 0.3) is 0 Å². The highest BCUT2D eigenvalue weighted by Crippen LogP contribution is 2.19. The Morgan fingerprint density at radius 1 is 1.36 bits per heavy atom. The molecule has 0 bridgehead atoms. The van der Waals surface area contributed by atoms with Crippen molar-refractivity contribution >= 4 is 0 Å². The van der Waals surface area contributed by atoms with Crippen LogP contribution in [-0.4, -0.2) is 18.8 Å². The van der Waals surface area contributed by atoms with Crippen molar-refractivity contribution in [1.82, 2.24) is 0 Å². The lowest BCUT2D eigenvalue weighted by Crippen LogP contribution is -2.31. The molecule has 0 spiro atoms. The van der Waals surface area contributed by atoms with Crippen LogP contribution in [-0.2, 0) is 16.9 Å². The molecular weight excluding hydrogens is 178 g/mol. The van der Waals surface area contributed by atoms with E-state index in [0.717, 1.165) is 11.1 Å². The number of hydrogen-bond acceptors (Lipinski definition) is 3. The fourth-order valence-corrected chi connectivity index (χ4v) is 1.24. The minimum absolute atomic E-state index is 0.219. The summed E-state index contributed by atoms with van der Waals surface area (Å²) in [4.78, 5) is 0. The number of benzene rings is 1. The number of methoxy groups -OCH3 is 1. The molecule has 0 radical (unpaired) electrons. The van der Waals surface area contributed by atoms with Gasteiger partial charge in [-0.15, -0.1) is 0 Å². The summed E-state index contributed by atoms with van der Waals surface area (Å²) in [5.74, 6) is 0. The molecule has 0 aromatic heterocycles. The van der Waals surface area contributed by atoms with Crippen molar-refractivity contribution in [3.63, 3.8) is 0 Å². The molecule has 0 saturated carbocycles. The molecule has 1 aromatic rings. The van der Waals surface area contributed by atoms with E-state index < -0.39 is 5.60 Å². The normalized spacial score (nSPS) is 15.1. The van der Waals surface area contributed by atoms with Crippen LogP contribution >= 0.6 is 0 Å². The number of rotatable bonds is 4. The summed E-state index contributed by atoms with van der Waals surface area (Å²) >= 11 is 0. The molecule has 0 heterocycles. The molecule has 1 aromatic carbocycles. The standard InChI is InChI=1S/C11H17NO2/c1-11(13,8-12)10-5-3-9(4-6-10)7-14-2/h3-6,13H,7-8,12H2,1-2H3. The first kappa shape index (κ1) is 11.2. The van der Waals surface area contributed by atoms with Gasteiger partial charge in [0.15, 0.2) is 0 Å². The molecule has 0 fully saturated rings. The Labute approximate surface area is 84.5 Å². The average molecular weight is 195 g/mol. The molecule has 3 N–H and O–H groups in total. The number of aliphatic hydroxyl groups is 1. The molecule has 14 heavy (non-hydrogen) atoms. The zero-order chi connectivity index (χ0) is 10.6. The van der Waals surface area contributed by atoms with Crippen molar-refractivity contribution in [3.8, 4) is 0 Å². The van der Waals surface area contributed by atoms with Gasteiger partial charge in [0.2, 0.25) is 0 Å². The predicted molar refractivity (Wildman–Crippen MR) is 55.8 cm³/mol. The van der Waals surface area contributed by atoms with Gasteiger partial charge in [0, 0.05) is 13.7 Å². The lowest BCUT2D eigenvalue weighted by Gasteiger charge is -2.21. The van der Waals surface area contributed by atoms with Crippen LogP contribution in [0.2, 0.25) is 0 Å². The Kier molecular flexibility index (Phi) is 3.63. The molecule has 78 valence electrons. The topological polar surface area (TPSA) is 55.5 Å². The molecule has 1 atom stereocenters. The van der Waals surface area contributed by atoms with E-state index in [1.807, 2.05) is 24.3 Å². The van der Waals surface area contributed by atoms with Gasteiger partial charge < -0.3 is 15.6 Å². The van der Waals surface area contributed by atoms with Crippen molar-refractivity contribution in [2.45, 2.75) is 19.1 Å². The first-order valence-corrected chi connectivity index (χ1v) is 4.61. The molecule has 1 rings (SSSR count). The Morgan fingerprint density at radius 2 is 1.93 bits per heavy atom. The summed E-state index contributed by atoms with van der Waals surface area (Å²) in [7, 11) is 1.66. The monoisotopic (exact) mass is 195 g/mol. The minimum atomic E-state index is -0.939.